The molecule has 26 heavy (non-hydrogen) atoms. The first-order valence-electron chi connectivity index (χ1n) is 9.98. The SMILES string of the molecule is CCC(C)N1CCCc2nc(C)ccc21.CN1CCCc2ncccc21. The van der Waals surface area contributed by atoms with Crippen LogP contribution in [0.25, 0.3) is 0 Å². The molecule has 0 amide bonds. The van der Waals surface area contributed by atoms with Gasteiger partial charge in [0.15, 0.2) is 0 Å². The predicted octanol–water partition coefficient (Wildman–Crippen LogP) is 4.41. The lowest BCUT2D eigenvalue weighted by Gasteiger charge is -2.35. The number of fused-ring (bicyclic) bond motifs is 2. The van der Waals surface area contributed by atoms with E-state index in [0.29, 0.717) is 6.04 Å². The summed E-state index contributed by atoms with van der Waals surface area (Å²) in [7, 11) is 2.12. The zero-order valence-electron chi connectivity index (χ0n) is 16.7. The Morgan fingerprint density at radius 1 is 1.04 bits per heavy atom. The highest BCUT2D eigenvalue weighted by atomic mass is 15.2. The van der Waals surface area contributed by atoms with E-state index in [9.17, 15) is 0 Å². The number of hydrogen-bond donors (Lipinski definition) is 0. The molecule has 4 heteroatoms. The van der Waals surface area contributed by atoms with Crippen LogP contribution in [0.5, 0.6) is 0 Å². The summed E-state index contributed by atoms with van der Waals surface area (Å²) in [5, 5.41) is 0. The Morgan fingerprint density at radius 2 is 1.81 bits per heavy atom. The van der Waals surface area contributed by atoms with Crippen LogP contribution in [0.1, 0.15) is 50.2 Å². The predicted molar refractivity (Wildman–Crippen MR) is 110 cm³/mol. The minimum atomic E-state index is 0.633. The lowest BCUT2D eigenvalue weighted by Crippen LogP contribution is -2.37. The molecule has 0 saturated heterocycles. The van der Waals surface area contributed by atoms with Crippen LogP contribution in [0.3, 0.4) is 0 Å². The van der Waals surface area contributed by atoms with Gasteiger partial charge in [-0.05, 0) is 70.2 Å². The molecule has 0 spiro atoms. The average Bonchev–Trinajstić information content (AvgIpc) is 2.67. The lowest BCUT2D eigenvalue weighted by molar-refractivity contribution is 0.573. The maximum atomic E-state index is 4.64. The minimum absolute atomic E-state index is 0.633. The van der Waals surface area contributed by atoms with E-state index in [4.69, 9.17) is 0 Å². The number of nitrogens with zero attached hydrogens (tertiary/aromatic N) is 4. The molecule has 0 bridgehead atoms. The Balaban J connectivity index is 0.000000158. The molecule has 4 nitrogen and oxygen atoms in total. The summed E-state index contributed by atoms with van der Waals surface area (Å²) < 4.78 is 0. The first kappa shape index (κ1) is 18.7. The first-order valence-corrected chi connectivity index (χ1v) is 9.98. The van der Waals surface area contributed by atoms with Crippen molar-refractivity contribution in [2.45, 2.75) is 58.9 Å². The van der Waals surface area contributed by atoms with Gasteiger partial charge in [0.25, 0.3) is 0 Å². The number of anilines is 2. The fraction of sp³-hybridized carbons (Fsp3) is 0.545. The van der Waals surface area contributed by atoms with Gasteiger partial charge in [-0.3, -0.25) is 9.97 Å². The molecule has 140 valence electrons. The molecule has 2 aliphatic heterocycles. The lowest BCUT2D eigenvalue weighted by atomic mass is 10.0. The van der Waals surface area contributed by atoms with Crippen LogP contribution in [-0.2, 0) is 12.8 Å². The van der Waals surface area contributed by atoms with Crippen molar-refractivity contribution < 1.29 is 0 Å². The molecule has 2 aliphatic rings. The van der Waals surface area contributed by atoms with Crippen LogP contribution >= 0.6 is 0 Å². The summed E-state index contributed by atoms with van der Waals surface area (Å²) in [6, 6.07) is 9.14. The van der Waals surface area contributed by atoms with Crippen LogP contribution in [0.4, 0.5) is 11.4 Å². The summed E-state index contributed by atoms with van der Waals surface area (Å²) in [5.41, 5.74) is 6.35. The normalized spacial score (nSPS) is 16.9. The fourth-order valence-corrected chi connectivity index (χ4v) is 3.84. The second-order valence-electron chi connectivity index (χ2n) is 7.47. The summed E-state index contributed by atoms with van der Waals surface area (Å²) in [4.78, 5) is 13.7. The third-order valence-corrected chi connectivity index (χ3v) is 5.52. The van der Waals surface area contributed by atoms with Gasteiger partial charge in [0, 0.05) is 38.1 Å². The van der Waals surface area contributed by atoms with Gasteiger partial charge in [0.1, 0.15) is 0 Å². The monoisotopic (exact) mass is 352 g/mol. The maximum Gasteiger partial charge on any atom is 0.0640 e. The number of pyridine rings is 2. The van der Waals surface area contributed by atoms with Crippen LogP contribution in [0.2, 0.25) is 0 Å². The Bertz CT molecular complexity index is 728. The number of rotatable bonds is 2. The van der Waals surface area contributed by atoms with E-state index >= 15 is 0 Å². The summed E-state index contributed by atoms with van der Waals surface area (Å²) in [6.07, 6.45) is 7.84. The summed E-state index contributed by atoms with van der Waals surface area (Å²) >= 11 is 0. The molecule has 0 radical (unpaired) electrons. The van der Waals surface area contributed by atoms with Crippen molar-refractivity contribution in [1.82, 2.24) is 9.97 Å². The van der Waals surface area contributed by atoms with Gasteiger partial charge in [-0.15, -0.1) is 0 Å². The first-order chi connectivity index (χ1) is 12.6. The third-order valence-electron chi connectivity index (χ3n) is 5.52. The molecule has 1 atom stereocenters. The number of aromatic nitrogens is 2. The molecule has 4 heterocycles. The van der Waals surface area contributed by atoms with Crippen molar-refractivity contribution in [3.05, 3.63) is 47.5 Å². The third kappa shape index (κ3) is 4.17. The highest BCUT2D eigenvalue weighted by molar-refractivity contribution is 5.54. The fourth-order valence-electron chi connectivity index (χ4n) is 3.84. The molecule has 2 aromatic rings. The molecular weight excluding hydrogens is 320 g/mol. The Labute approximate surface area is 158 Å². The molecule has 4 rings (SSSR count). The van der Waals surface area contributed by atoms with E-state index in [1.54, 1.807) is 0 Å². The Kier molecular flexibility index (Phi) is 6.12. The number of aryl methyl sites for hydroxylation is 3. The molecule has 1 unspecified atom stereocenters. The number of hydrogen-bond acceptors (Lipinski definition) is 4. The van der Waals surface area contributed by atoms with Gasteiger partial charge >= 0.3 is 0 Å². The van der Waals surface area contributed by atoms with Gasteiger partial charge in [0.2, 0.25) is 0 Å². The van der Waals surface area contributed by atoms with Crippen molar-refractivity contribution >= 4 is 11.4 Å². The van der Waals surface area contributed by atoms with E-state index in [2.05, 4.69) is 65.8 Å². The van der Waals surface area contributed by atoms with Gasteiger partial charge in [-0.25, -0.2) is 0 Å². The Hall–Kier alpha value is -2.10. The van der Waals surface area contributed by atoms with Crippen LogP contribution in [-0.4, -0.2) is 36.1 Å². The van der Waals surface area contributed by atoms with Crippen molar-refractivity contribution in [1.29, 1.82) is 0 Å². The van der Waals surface area contributed by atoms with E-state index in [1.807, 2.05) is 12.3 Å². The minimum Gasteiger partial charge on any atom is -0.373 e. The topological polar surface area (TPSA) is 32.3 Å². The van der Waals surface area contributed by atoms with Crippen molar-refractivity contribution in [3.8, 4) is 0 Å². The maximum absolute atomic E-state index is 4.64. The Morgan fingerprint density at radius 3 is 2.58 bits per heavy atom. The molecule has 0 saturated carbocycles. The van der Waals surface area contributed by atoms with Crippen molar-refractivity contribution in [2.24, 2.45) is 0 Å². The molecule has 0 aromatic carbocycles. The summed E-state index contributed by atoms with van der Waals surface area (Å²) in [6.45, 7) is 8.98. The highest BCUT2D eigenvalue weighted by Crippen LogP contribution is 2.28. The largest absolute Gasteiger partial charge is 0.373 e. The van der Waals surface area contributed by atoms with Gasteiger partial charge < -0.3 is 9.80 Å². The van der Waals surface area contributed by atoms with E-state index in [0.717, 1.165) is 18.5 Å². The second kappa shape index (κ2) is 8.52. The molecule has 0 aliphatic carbocycles. The van der Waals surface area contributed by atoms with Gasteiger partial charge in [-0.2, -0.15) is 0 Å². The molecule has 0 N–H and O–H groups in total. The van der Waals surface area contributed by atoms with Crippen LogP contribution in [0.15, 0.2) is 30.5 Å². The van der Waals surface area contributed by atoms with Crippen LogP contribution < -0.4 is 9.80 Å². The highest BCUT2D eigenvalue weighted by Gasteiger charge is 2.21. The standard InChI is InChI=1S/C13H20N2.C9H12N2/c1-4-11(3)15-9-5-6-12-13(15)8-7-10(2)14-12;1-11-7-3-4-8-9(11)5-2-6-10-8/h7-8,11H,4-6,9H2,1-3H3;2,5-6H,3-4,7H2,1H3. The molecular formula is C22H32N4. The smallest absolute Gasteiger partial charge is 0.0640 e. The van der Waals surface area contributed by atoms with Gasteiger partial charge in [0.05, 0.1) is 22.8 Å². The second-order valence-corrected chi connectivity index (χ2v) is 7.47. The quantitative estimate of drug-likeness (QED) is 0.801. The molecule has 0 fully saturated rings. The zero-order chi connectivity index (χ0) is 18.5. The van der Waals surface area contributed by atoms with E-state index in [-0.39, 0.29) is 0 Å². The van der Waals surface area contributed by atoms with Crippen molar-refractivity contribution in [3.63, 3.8) is 0 Å². The van der Waals surface area contributed by atoms with E-state index < -0.39 is 0 Å². The van der Waals surface area contributed by atoms with Crippen molar-refractivity contribution in [2.75, 3.05) is 29.9 Å². The summed E-state index contributed by atoms with van der Waals surface area (Å²) in [5.74, 6) is 0. The van der Waals surface area contributed by atoms with E-state index in [1.165, 1.54) is 55.1 Å². The van der Waals surface area contributed by atoms with Crippen LogP contribution in [0, 0.1) is 6.92 Å². The zero-order valence-corrected chi connectivity index (χ0v) is 16.7. The average molecular weight is 353 g/mol. The molecule has 2 aromatic heterocycles. The van der Waals surface area contributed by atoms with Gasteiger partial charge in [-0.1, -0.05) is 6.92 Å².